The summed E-state index contributed by atoms with van der Waals surface area (Å²) >= 11 is 0. The van der Waals surface area contributed by atoms with E-state index in [0.717, 1.165) is 38.5 Å². The Hall–Kier alpha value is -1.10. The van der Waals surface area contributed by atoms with Gasteiger partial charge in [0.25, 0.3) is 0 Å². The lowest BCUT2D eigenvalue weighted by molar-refractivity contribution is -0.136. The number of fused-ring (bicyclic) bond motifs is 5. The van der Waals surface area contributed by atoms with Gasteiger partial charge >= 0.3 is 0 Å². The third-order valence-corrected chi connectivity index (χ3v) is 9.19. The maximum Gasteiger partial charge on any atom is 0.105 e. The molecule has 5 nitrogen and oxygen atoms in total. The van der Waals surface area contributed by atoms with Crippen molar-refractivity contribution in [2.24, 2.45) is 44.8 Å². The van der Waals surface area contributed by atoms with Crippen LogP contribution in [0.1, 0.15) is 72.1 Å². The Morgan fingerprint density at radius 2 is 1.56 bits per heavy atom. The van der Waals surface area contributed by atoms with E-state index in [1.165, 1.54) is 6.42 Å². The molecule has 0 aliphatic heterocycles. The smallest absolute Gasteiger partial charge is 0.105 e. The van der Waals surface area contributed by atoms with Gasteiger partial charge in [0.05, 0.1) is 5.60 Å². The van der Waals surface area contributed by atoms with Gasteiger partial charge in [-0.25, -0.2) is 0 Å². The first-order valence-electron chi connectivity index (χ1n) is 9.91. The Morgan fingerprint density at radius 3 is 2.24 bits per heavy atom. The molecule has 0 unspecified atom stereocenters. The molecule has 0 saturated heterocycles. The van der Waals surface area contributed by atoms with E-state index < -0.39 is 5.60 Å². The molecule has 4 aliphatic rings. The fourth-order valence-electron chi connectivity index (χ4n) is 7.39. The third-order valence-electron chi connectivity index (χ3n) is 9.19. The molecular weight excluding hydrogens is 316 g/mol. The predicted molar refractivity (Wildman–Crippen MR) is 96.2 cm³/mol. The maximum atomic E-state index is 11.0. The van der Waals surface area contributed by atoms with E-state index in [-0.39, 0.29) is 10.8 Å². The summed E-state index contributed by atoms with van der Waals surface area (Å²) < 4.78 is 0. The molecule has 0 amide bonds. The van der Waals surface area contributed by atoms with Crippen LogP contribution in [-0.2, 0) is 0 Å². The van der Waals surface area contributed by atoms with Crippen molar-refractivity contribution in [2.45, 2.75) is 77.7 Å². The average Bonchev–Trinajstić information content (AvgIpc) is 2.83. The van der Waals surface area contributed by atoms with E-state index in [2.05, 4.69) is 24.2 Å². The van der Waals surface area contributed by atoms with Crippen molar-refractivity contribution >= 4 is 11.4 Å². The molecular formula is C20H32N2O3. The lowest BCUT2D eigenvalue weighted by Gasteiger charge is -2.60. The third kappa shape index (κ3) is 2.17. The van der Waals surface area contributed by atoms with Gasteiger partial charge in [-0.05, 0) is 86.4 Å². The molecule has 3 N–H and O–H groups in total. The average molecular weight is 348 g/mol. The van der Waals surface area contributed by atoms with Gasteiger partial charge in [0.1, 0.15) is 11.4 Å². The standard InChI is InChI=1S/C20H32N2O3/c1-18-11-17(22-25)16(21-24)10-12(18)4-5-13-14(18)6-8-19(2)15(13)7-9-20(19,3)23/h12-15,23-25H,4-11H2,1-3H3/b21-16+,22-17+/t12-,13+,14-,15-,18-,19-,20-/m0/s1. The summed E-state index contributed by atoms with van der Waals surface area (Å²) in [5, 5.41) is 36.5. The Labute approximate surface area is 150 Å². The zero-order chi connectivity index (χ0) is 18.0. The van der Waals surface area contributed by atoms with Crippen molar-refractivity contribution in [2.75, 3.05) is 0 Å². The molecule has 4 fully saturated rings. The van der Waals surface area contributed by atoms with Crippen LogP contribution >= 0.6 is 0 Å². The summed E-state index contributed by atoms with van der Waals surface area (Å²) in [7, 11) is 0. The molecule has 4 saturated carbocycles. The lowest BCUT2D eigenvalue weighted by atomic mass is 9.44. The van der Waals surface area contributed by atoms with Crippen molar-refractivity contribution < 1.29 is 15.5 Å². The van der Waals surface area contributed by atoms with E-state index in [0.29, 0.717) is 41.5 Å². The second-order valence-electron chi connectivity index (χ2n) is 9.90. The van der Waals surface area contributed by atoms with Gasteiger partial charge in [0.2, 0.25) is 0 Å². The van der Waals surface area contributed by atoms with E-state index in [9.17, 15) is 15.5 Å². The second kappa shape index (κ2) is 5.45. The molecule has 0 spiro atoms. The van der Waals surface area contributed by atoms with Crippen molar-refractivity contribution in [3.63, 3.8) is 0 Å². The molecule has 0 aromatic carbocycles. The van der Waals surface area contributed by atoms with Crippen LogP contribution in [-0.4, -0.2) is 32.5 Å². The number of aliphatic hydroxyl groups is 1. The normalized spacial score (nSPS) is 55.7. The Morgan fingerprint density at radius 1 is 0.880 bits per heavy atom. The zero-order valence-corrected chi connectivity index (χ0v) is 15.7. The summed E-state index contributed by atoms with van der Waals surface area (Å²) in [6, 6.07) is 0. The molecule has 0 aromatic heterocycles. The SMILES string of the molecule is C[C@]12CC(=N\O)/C(=N/O)C[C@@H]1CC[C@@H]1[C@@H]2CC[C@@]2(C)[C@H]1CC[C@]2(C)O. The number of rotatable bonds is 0. The van der Waals surface area contributed by atoms with Crippen LogP contribution in [0.4, 0.5) is 0 Å². The minimum Gasteiger partial charge on any atom is -0.411 e. The van der Waals surface area contributed by atoms with Crippen LogP contribution in [0.25, 0.3) is 0 Å². The monoisotopic (exact) mass is 348 g/mol. The Bertz CT molecular complexity index is 628. The Kier molecular flexibility index (Phi) is 3.77. The molecule has 0 bridgehead atoms. The van der Waals surface area contributed by atoms with Gasteiger partial charge < -0.3 is 15.5 Å². The molecule has 0 aromatic rings. The Balaban J connectivity index is 1.67. The number of nitrogens with zero attached hydrogens (tertiary/aromatic N) is 2. The zero-order valence-electron chi connectivity index (χ0n) is 15.7. The van der Waals surface area contributed by atoms with Crippen LogP contribution < -0.4 is 0 Å². The lowest BCUT2D eigenvalue weighted by Crippen LogP contribution is -2.57. The highest BCUT2D eigenvalue weighted by molar-refractivity contribution is 6.42. The summed E-state index contributed by atoms with van der Waals surface area (Å²) in [6.45, 7) is 6.72. The highest BCUT2D eigenvalue weighted by atomic mass is 16.4. The van der Waals surface area contributed by atoms with Crippen molar-refractivity contribution in [1.29, 1.82) is 0 Å². The molecule has 4 aliphatic carbocycles. The first kappa shape index (κ1) is 17.3. The molecule has 0 radical (unpaired) electrons. The predicted octanol–water partition coefficient (Wildman–Crippen LogP) is 4.05. The molecule has 140 valence electrons. The quantitative estimate of drug-likeness (QED) is 0.456. The molecule has 25 heavy (non-hydrogen) atoms. The van der Waals surface area contributed by atoms with Gasteiger partial charge in [-0.15, -0.1) is 0 Å². The minimum atomic E-state index is -0.540. The van der Waals surface area contributed by atoms with Gasteiger partial charge in [0, 0.05) is 6.42 Å². The summed E-state index contributed by atoms with van der Waals surface area (Å²) in [6.07, 6.45) is 8.06. The van der Waals surface area contributed by atoms with Crippen molar-refractivity contribution in [3.8, 4) is 0 Å². The van der Waals surface area contributed by atoms with Crippen LogP contribution in [0.5, 0.6) is 0 Å². The van der Waals surface area contributed by atoms with Gasteiger partial charge in [0.15, 0.2) is 0 Å². The minimum absolute atomic E-state index is 0.0393. The molecule has 0 heterocycles. The van der Waals surface area contributed by atoms with Crippen LogP contribution in [0.15, 0.2) is 10.3 Å². The topological polar surface area (TPSA) is 85.4 Å². The molecule has 4 rings (SSSR count). The van der Waals surface area contributed by atoms with E-state index in [1.807, 2.05) is 6.92 Å². The number of hydrogen-bond donors (Lipinski definition) is 3. The fraction of sp³-hybridized carbons (Fsp3) is 0.900. The van der Waals surface area contributed by atoms with Gasteiger partial charge in [-0.2, -0.15) is 0 Å². The number of hydrogen-bond acceptors (Lipinski definition) is 5. The summed E-state index contributed by atoms with van der Waals surface area (Å²) in [5.41, 5.74) is 0.731. The first-order valence-corrected chi connectivity index (χ1v) is 9.91. The highest BCUT2D eigenvalue weighted by Crippen LogP contribution is 2.67. The fourth-order valence-corrected chi connectivity index (χ4v) is 7.39. The number of oxime groups is 2. The van der Waals surface area contributed by atoms with E-state index in [1.54, 1.807) is 0 Å². The maximum absolute atomic E-state index is 11.0. The molecule has 5 heteroatoms. The van der Waals surface area contributed by atoms with Crippen LogP contribution in [0, 0.1) is 34.5 Å². The molecule has 7 atom stereocenters. The first-order chi connectivity index (χ1) is 11.8. The van der Waals surface area contributed by atoms with Gasteiger partial charge in [-0.1, -0.05) is 24.2 Å². The van der Waals surface area contributed by atoms with E-state index in [4.69, 9.17) is 0 Å². The van der Waals surface area contributed by atoms with Crippen LogP contribution in [0.3, 0.4) is 0 Å². The largest absolute Gasteiger partial charge is 0.411 e. The van der Waals surface area contributed by atoms with E-state index >= 15 is 0 Å². The second-order valence-corrected chi connectivity index (χ2v) is 9.90. The summed E-state index contributed by atoms with van der Waals surface area (Å²) in [5.74, 6) is 2.36. The highest BCUT2D eigenvalue weighted by Gasteiger charge is 2.63. The van der Waals surface area contributed by atoms with Crippen molar-refractivity contribution in [1.82, 2.24) is 0 Å². The summed E-state index contributed by atoms with van der Waals surface area (Å²) in [4.78, 5) is 0. The van der Waals surface area contributed by atoms with Gasteiger partial charge in [-0.3, -0.25) is 0 Å². The van der Waals surface area contributed by atoms with Crippen LogP contribution in [0.2, 0.25) is 0 Å². The van der Waals surface area contributed by atoms with Crippen molar-refractivity contribution in [3.05, 3.63) is 0 Å².